The number of likely N-dealkylation sites (N-methyl/N-ethyl adjacent to an activating group) is 1. The van der Waals surface area contributed by atoms with Crippen molar-refractivity contribution in [1.29, 1.82) is 0 Å². The summed E-state index contributed by atoms with van der Waals surface area (Å²) in [6, 6.07) is 2.07. The van der Waals surface area contributed by atoms with Gasteiger partial charge in [-0.2, -0.15) is 0 Å². The van der Waals surface area contributed by atoms with Crippen LogP contribution >= 0.6 is 23.7 Å². The average molecular weight is 428 g/mol. The Morgan fingerprint density at radius 3 is 2.75 bits per heavy atom. The Morgan fingerprint density at radius 1 is 1.25 bits per heavy atom. The van der Waals surface area contributed by atoms with Gasteiger partial charge in [0.1, 0.15) is 0 Å². The number of halogens is 1. The first-order valence-corrected chi connectivity index (χ1v) is 10.5. The molecule has 1 aromatic rings. The van der Waals surface area contributed by atoms with Crippen LogP contribution in [0.2, 0.25) is 0 Å². The van der Waals surface area contributed by atoms with Crippen LogP contribution in [-0.2, 0) is 21.5 Å². The van der Waals surface area contributed by atoms with E-state index in [1.807, 2.05) is 4.90 Å². The molecule has 4 aliphatic heterocycles. The van der Waals surface area contributed by atoms with Crippen LogP contribution in [0.15, 0.2) is 6.07 Å². The molecule has 2 amide bonds. The largest absolute Gasteiger partial charge is 0.439 e. The number of hydrogen-bond acceptors (Lipinski definition) is 6. The minimum atomic E-state index is -0.530. The Balaban J connectivity index is 0.00000192. The van der Waals surface area contributed by atoms with E-state index in [9.17, 15) is 9.59 Å². The molecule has 3 fully saturated rings. The third kappa shape index (κ3) is 3.10. The van der Waals surface area contributed by atoms with Gasteiger partial charge in [-0.25, -0.2) is 4.79 Å². The number of carbonyl (C=O) groups excluding carboxylic acids is 2. The second-order valence-electron chi connectivity index (χ2n) is 8.17. The second kappa shape index (κ2) is 7.16. The highest BCUT2D eigenvalue weighted by atomic mass is 35.5. The summed E-state index contributed by atoms with van der Waals surface area (Å²) in [4.78, 5) is 30.5. The molecular weight excluding hydrogens is 402 g/mol. The standard InChI is InChI=1S/C19H25N3O4S.ClH/c1-21-11-18(26-17(21)24)5-8-22(12-18)16(23)15-10-13-14(27-15)2-9-25-19(13)3-6-20-7-4-19;/h10,20H,2-9,11-12H2,1H3;1H. The molecule has 2 spiro atoms. The van der Waals surface area contributed by atoms with Crippen LogP contribution < -0.4 is 5.32 Å². The lowest BCUT2D eigenvalue weighted by atomic mass is 9.83. The molecule has 1 atom stereocenters. The smallest absolute Gasteiger partial charge is 0.410 e. The molecule has 0 radical (unpaired) electrons. The van der Waals surface area contributed by atoms with Crippen LogP contribution in [0.1, 0.15) is 39.4 Å². The van der Waals surface area contributed by atoms with Crippen LogP contribution in [0.3, 0.4) is 0 Å². The zero-order valence-corrected chi connectivity index (χ0v) is 17.6. The first-order chi connectivity index (χ1) is 13.0. The fourth-order valence-corrected chi connectivity index (χ4v) is 6.14. The third-order valence-corrected chi connectivity index (χ3v) is 7.56. The van der Waals surface area contributed by atoms with Gasteiger partial charge >= 0.3 is 6.09 Å². The van der Waals surface area contributed by atoms with Crippen molar-refractivity contribution >= 4 is 35.7 Å². The van der Waals surface area contributed by atoms with Crippen molar-refractivity contribution in [3.05, 3.63) is 21.4 Å². The average Bonchev–Trinajstić information content (AvgIpc) is 3.34. The molecule has 0 aromatic carbocycles. The highest BCUT2D eigenvalue weighted by Crippen LogP contribution is 2.44. The van der Waals surface area contributed by atoms with Crippen LogP contribution in [0.25, 0.3) is 0 Å². The zero-order valence-electron chi connectivity index (χ0n) is 16.0. The Kier molecular flexibility index (Phi) is 5.10. The number of rotatable bonds is 1. The van der Waals surface area contributed by atoms with Gasteiger partial charge in [-0.15, -0.1) is 23.7 Å². The predicted molar refractivity (Wildman–Crippen MR) is 107 cm³/mol. The highest BCUT2D eigenvalue weighted by Gasteiger charge is 2.50. The van der Waals surface area contributed by atoms with Crippen molar-refractivity contribution in [3.63, 3.8) is 0 Å². The number of carbonyl (C=O) groups is 2. The van der Waals surface area contributed by atoms with E-state index in [1.165, 1.54) is 10.4 Å². The van der Waals surface area contributed by atoms with E-state index in [-0.39, 0.29) is 30.0 Å². The Morgan fingerprint density at radius 2 is 2.04 bits per heavy atom. The van der Waals surface area contributed by atoms with Gasteiger partial charge in [0.05, 0.1) is 30.2 Å². The van der Waals surface area contributed by atoms with Gasteiger partial charge in [0.2, 0.25) is 0 Å². The molecule has 4 aliphatic rings. The first kappa shape index (κ1) is 19.9. The maximum atomic E-state index is 13.2. The molecule has 1 unspecified atom stereocenters. The van der Waals surface area contributed by atoms with Gasteiger partial charge in [-0.1, -0.05) is 0 Å². The SMILES string of the molecule is CN1CC2(CCN(C(=O)c3cc4c(s3)CCOC43CCNCC3)C2)OC1=O.Cl. The quantitative estimate of drug-likeness (QED) is 0.742. The number of piperidine rings is 1. The molecule has 1 N–H and O–H groups in total. The van der Waals surface area contributed by atoms with Crippen molar-refractivity contribution in [1.82, 2.24) is 15.1 Å². The van der Waals surface area contributed by atoms with E-state index in [0.29, 0.717) is 26.1 Å². The monoisotopic (exact) mass is 427 g/mol. The highest BCUT2D eigenvalue weighted by molar-refractivity contribution is 7.14. The molecule has 5 rings (SSSR count). The molecular formula is C19H26ClN3O4S. The Hall–Kier alpha value is -1.35. The zero-order chi connectivity index (χ0) is 18.6. The molecule has 0 saturated carbocycles. The maximum absolute atomic E-state index is 13.2. The topological polar surface area (TPSA) is 71.1 Å². The van der Waals surface area contributed by atoms with E-state index in [1.54, 1.807) is 23.3 Å². The van der Waals surface area contributed by atoms with E-state index in [0.717, 1.165) is 43.8 Å². The number of hydrogen-bond donors (Lipinski definition) is 1. The molecule has 7 nitrogen and oxygen atoms in total. The van der Waals surface area contributed by atoms with E-state index < -0.39 is 5.60 Å². The minimum Gasteiger partial charge on any atom is -0.439 e. The predicted octanol–water partition coefficient (Wildman–Crippen LogP) is 1.99. The van der Waals surface area contributed by atoms with Gasteiger partial charge in [0, 0.05) is 31.3 Å². The fraction of sp³-hybridized carbons (Fsp3) is 0.684. The Bertz CT molecular complexity index is 794. The molecule has 1 aromatic heterocycles. The molecule has 5 heterocycles. The fourth-order valence-electron chi connectivity index (χ4n) is 4.95. The summed E-state index contributed by atoms with van der Waals surface area (Å²) in [7, 11) is 1.74. The van der Waals surface area contributed by atoms with Gasteiger partial charge in [-0.05, 0) is 37.6 Å². The van der Waals surface area contributed by atoms with Crippen molar-refractivity contribution in [2.24, 2.45) is 0 Å². The van der Waals surface area contributed by atoms with E-state index in [2.05, 4.69) is 11.4 Å². The molecule has 0 aliphatic carbocycles. The van der Waals surface area contributed by atoms with Crippen LogP contribution in [-0.4, -0.2) is 73.8 Å². The number of nitrogens with one attached hydrogen (secondary N) is 1. The molecule has 154 valence electrons. The molecule has 28 heavy (non-hydrogen) atoms. The van der Waals surface area contributed by atoms with Crippen LogP contribution in [0.5, 0.6) is 0 Å². The van der Waals surface area contributed by atoms with Crippen molar-refractivity contribution in [3.8, 4) is 0 Å². The molecule has 9 heteroatoms. The van der Waals surface area contributed by atoms with Crippen LogP contribution in [0.4, 0.5) is 4.79 Å². The number of likely N-dealkylation sites (tertiary alicyclic amines) is 1. The Labute approximate surface area is 174 Å². The van der Waals surface area contributed by atoms with Gasteiger partial charge in [0.15, 0.2) is 5.60 Å². The van der Waals surface area contributed by atoms with Gasteiger partial charge in [0.25, 0.3) is 5.91 Å². The van der Waals surface area contributed by atoms with Crippen LogP contribution in [0, 0.1) is 0 Å². The number of nitrogens with zero attached hydrogens (tertiary/aromatic N) is 2. The third-order valence-electron chi connectivity index (χ3n) is 6.37. The van der Waals surface area contributed by atoms with Crippen molar-refractivity contribution < 1.29 is 19.1 Å². The number of ether oxygens (including phenoxy) is 2. The molecule has 3 saturated heterocycles. The van der Waals surface area contributed by atoms with E-state index >= 15 is 0 Å². The van der Waals surface area contributed by atoms with Gasteiger partial charge < -0.3 is 24.6 Å². The summed E-state index contributed by atoms with van der Waals surface area (Å²) in [5.74, 6) is 0.0564. The molecule has 0 bridgehead atoms. The number of fused-ring (bicyclic) bond motifs is 2. The summed E-state index contributed by atoms with van der Waals surface area (Å²) in [5.41, 5.74) is 0.478. The number of amides is 2. The van der Waals surface area contributed by atoms with Crippen molar-refractivity contribution in [2.75, 3.05) is 46.4 Å². The number of thiophene rings is 1. The first-order valence-electron chi connectivity index (χ1n) is 9.72. The lowest BCUT2D eigenvalue weighted by molar-refractivity contribution is -0.0792. The lowest BCUT2D eigenvalue weighted by Gasteiger charge is -2.40. The summed E-state index contributed by atoms with van der Waals surface area (Å²) in [6.07, 6.45) is 3.22. The minimum absolute atomic E-state index is 0. The second-order valence-corrected chi connectivity index (χ2v) is 9.31. The summed E-state index contributed by atoms with van der Waals surface area (Å²) >= 11 is 1.62. The van der Waals surface area contributed by atoms with Crippen molar-refractivity contribution in [2.45, 2.75) is 36.9 Å². The normalized spacial score (nSPS) is 28.4. The lowest BCUT2D eigenvalue weighted by Crippen LogP contribution is -2.44. The van der Waals surface area contributed by atoms with E-state index in [4.69, 9.17) is 9.47 Å². The van der Waals surface area contributed by atoms with Gasteiger partial charge in [-0.3, -0.25) is 4.79 Å². The maximum Gasteiger partial charge on any atom is 0.410 e. The summed E-state index contributed by atoms with van der Waals surface area (Å²) in [5, 5.41) is 3.40. The summed E-state index contributed by atoms with van der Waals surface area (Å²) < 4.78 is 11.8. The summed E-state index contributed by atoms with van der Waals surface area (Å²) in [6.45, 7) is 4.30.